The smallest absolute Gasteiger partial charge is 0.0193 e. The molecule has 0 heterocycles. The van der Waals surface area contributed by atoms with E-state index in [1.807, 2.05) is 0 Å². The number of rotatable bonds is 7. The molecule has 2 atom stereocenters. The molecule has 2 N–H and O–H groups in total. The van der Waals surface area contributed by atoms with Gasteiger partial charge in [-0.3, -0.25) is 0 Å². The van der Waals surface area contributed by atoms with Gasteiger partial charge in [-0.2, -0.15) is 0 Å². The first-order chi connectivity index (χ1) is 8.13. The molecule has 0 amide bonds. The summed E-state index contributed by atoms with van der Waals surface area (Å²) in [5.41, 5.74) is 7.56. The summed E-state index contributed by atoms with van der Waals surface area (Å²) in [6.07, 6.45) is 2.26. The quantitative estimate of drug-likeness (QED) is 0.785. The zero-order chi connectivity index (χ0) is 12.7. The van der Waals surface area contributed by atoms with Crippen molar-refractivity contribution in [2.45, 2.75) is 32.7 Å². The fraction of sp³-hybridized carbons (Fsp3) is 0.600. The number of hydrogen-bond acceptors (Lipinski definition) is 2. The predicted octanol–water partition coefficient (Wildman–Crippen LogP) is 2.53. The second-order valence-corrected chi connectivity index (χ2v) is 5.05. The summed E-state index contributed by atoms with van der Waals surface area (Å²) in [5, 5.41) is 0. The Morgan fingerprint density at radius 3 is 2.47 bits per heavy atom. The lowest BCUT2D eigenvalue weighted by Crippen LogP contribution is -2.40. The summed E-state index contributed by atoms with van der Waals surface area (Å²) in [5.74, 6) is 0.606. The monoisotopic (exact) mass is 234 g/mol. The fourth-order valence-electron chi connectivity index (χ4n) is 1.90. The lowest BCUT2D eigenvalue weighted by molar-refractivity contribution is 0.276. The van der Waals surface area contributed by atoms with Gasteiger partial charge in [0.1, 0.15) is 0 Å². The van der Waals surface area contributed by atoms with Crippen LogP contribution in [0.25, 0.3) is 0 Å². The summed E-state index contributed by atoms with van der Waals surface area (Å²) in [7, 11) is 2.16. The largest absolute Gasteiger partial charge is 0.326 e. The van der Waals surface area contributed by atoms with Gasteiger partial charge < -0.3 is 10.6 Å². The number of hydrogen-bond donors (Lipinski definition) is 1. The van der Waals surface area contributed by atoms with Crippen LogP contribution < -0.4 is 5.73 Å². The van der Waals surface area contributed by atoms with Crippen molar-refractivity contribution in [2.75, 3.05) is 20.1 Å². The Balaban J connectivity index is 2.28. The Bertz CT molecular complexity index is 297. The maximum absolute atomic E-state index is 6.16. The molecule has 2 nitrogen and oxygen atoms in total. The van der Waals surface area contributed by atoms with Crippen LogP contribution in [0.4, 0.5) is 0 Å². The molecule has 0 aliphatic carbocycles. The third-order valence-corrected chi connectivity index (χ3v) is 3.52. The average Bonchev–Trinajstić information content (AvgIpc) is 2.36. The molecule has 0 fully saturated rings. The highest BCUT2D eigenvalue weighted by atomic mass is 15.1. The van der Waals surface area contributed by atoms with Gasteiger partial charge in [0.15, 0.2) is 0 Å². The average molecular weight is 234 g/mol. The summed E-state index contributed by atoms with van der Waals surface area (Å²) in [6.45, 7) is 6.50. The van der Waals surface area contributed by atoms with Crippen molar-refractivity contribution >= 4 is 0 Å². The third-order valence-electron chi connectivity index (χ3n) is 3.52. The lowest BCUT2D eigenvalue weighted by Gasteiger charge is -2.25. The molecule has 0 saturated heterocycles. The molecule has 0 unspecified atom stereocenters. The first kappa shape index (κ1) is 14.2. The zero-order valence-electron chi connectivity index (χ0n) is 11.4. The van der Waals surface area contributed by atoms with Crippen molar-refractivity contribution in [3.05, 3.63) is 35.9 Å². The van der Waals surface area contributed by atoms with Gasteiger partial charge in [-0.1, -0.05) is 50.6 Å². The highest BCUT2D eigenvalue weighted by Crippen LogP contribution is 2.07. The van der Waals surface area contributed by atoms with Crippen LogP contribution in [0.3, 0.4) is 0 Å². The molecule has 0 spiro atoms. The molecule has 0 radical (unpaired) electrons. The Morgan fingerprint density at radius 1 is 1.24 bits per heavy atom. The zero-order valence-corrected chi connectivity index (χ0v) is 11.4. The normalized spacial score (nSPS) is 14.9. The standard InChI is InChI=1S/C15H26N2/c1-4-13(2)15(16)12-17(3)11-10-14-8-6-5-7-9-14/h5-9,13,15H,4,10-12,16H2,1-3H3/t13-,15+/m0/s1. The number of nitrogens with zero attached hydrogens (tertiary/aromatic N) is 1. The van der Waals surface area contributed by atoms with Crippen molar-refractivity contribution in [1.29, 1.82) is 0 Å². The minimum Gasteiger partial charge on any atom is -0.326 e. The van der Waals surface area contributed by atoms with Crippen molar-refractivity contribution in [1.82, 2.24) is 4.90 Å². The van der Waals surface area contributed by atoms with E-state index in [-0.39, 0.29) is 0 Å². The molecule has 0 saturated carbocycles. The molecule has 96 valence electrons. The van der Waals surface area contributed by atoms with Crippen LogP contribution in [0.15, 0.2) is 30.3 Å². The van der Waals surface area contributed by atoms with E-state index in [1.165, 1.54) is 5.56 Å². The van der Waals surface area contributed by atoms with Gasteiger partial charge in [0.25, 0.3) is 0 Å². The maximum atomic E-state index is 6.16. The van der Waals surface area contributed by atoms with Gasteiger partial charge >= 0.3 is 0 Å². The molecule has 1 aromatic rings. The summed E-state index contributed by atoms with van der Waals surface area (Å²) < 4.78 is 0. The lowest BCUT2D eigenvalue weighted by atomic mass is 10.00. The van der Waals surface area contributed by atoms with Gasteiger partial charge in [-0.15, -0.1) is 0 Å². The minimum absolute atomic E-state index is 0.292. The first-order valence-corrected chi connectivity index (χ1v) is 6.61. The second kappa shape index (κ2) is 7.46. The van der Waals surface area contributed by atoms with Crippen molar-refractivity contribution in [3.8, 4) is 0 Å². The van der Waals surface area contributed by atoms with E-state index >= 15 is 0 Å². The molecular formula is C15H26N2. The van der Waals surface area contributed by atoms with E-state index in [1.54, 1.807) is 0 Å². The third kappa shape index (κ3) is 5.33. The van der Waals surface area contributed by atoms with Gasteiger partial charge in [0.05, 0.1) is 0 Å². The molecule has 0 aliphatic heterocycles. The van der Waals surface area contributed by atoms with E-state index in [4.69, 9.17) is 5.73 Å². The highest BCUT2D eigenvalue weighted by Gasteiger charge is 2.12. The maximum Gasteiger partial charge on any atom is 0.0193 e. The van der Waals surface area contributed by atoms with Crippen LogP contribution in [0, 0.1) is 5.92 Å². The predicted molar refractivity (Wildman–Crippen MR) is 75.1 cm³/mol. The van der Waals surface area contributed by atoms with Crippen molar-refractivity contribution in [2.24, 2.45) is 11.7 Å². The van der Waals surface area contributed by atoms with Crippen molar-refractivity contribution in [3.63, 3.8) is 0 Å². The Labute approximate surface area is 106 Å². The number of likely N-dealkylation sites (N-methyl/N-ethyl adjacent to an activating group) is 1. The minimum atomic E-state index is 0.292. The van der Waals surface area contributed by atoms with Gasteiger partial charge in [-0.25, -0.2) is 0 Å². The molecule has 1 aromatic carbocycles. The fourth-order valence-corrected chi connectivity index (χ4v) is 1.90. The summed E-state index contributed by atoms with van der Waals surface area (Å²) >= 11 is 0. The van der Waals surface area contributed by atoms with E-state index in [0.717, 1.165) is 25.9 Å². The molecule has 17 heavy (non-hydrogen) atoms. The summed E-state index contributed by atoms with van der Waals surface area (Å²) in [4.78, 5) is 2.34. The van der Waals surface area contributed by atoms with E-state index in [9.17, 15) is 0 Å². The van der Waals surface area contributed by atoms with E-state index < -0.39 is 0 Å². The van der Waals surface area contributed by atoms with Crippen molar-refractivity contribution < 1.29 is 0 Å². The molecule has 2 heteroatoms. The topological polar surface area (TPSA) is 29.3 Å². The first-order valence-electron chi connectivity index (χ1n) is 6.61. The van der Waals surface area contributed by atoms with Crippen LogP contribution >= 0.6 is 0 Å². The number of nitrogens with two attached hydrogens (primary N) is 1. The van der Waals surface area contributed by atoms with Crippen LogP contribution in [0.5, 0.6) is 0 Å². The highest BCUT2D eigenvalue weighted by molar-refractivity contribution is 5.14. The molecule has 0 bridgehead atoms. The molecule has 1 rings (SSSR count). The molecule has 0 aromatic heterocycles. The SMILES string of the molecule is CC[C@H](C)[C@H](N)CN(C)CCc1ccccc1. The molecule has 0 aliphatic rings. The van der Waals surface area contributed by atoms with Crippen LogP contribution in [0.2, 0.25) is 0 Å². The Hall–Kier alpha value is -0.860. The van der Waals surface area contributed by atoms with E-state index in [2.05, 4.69) is 56.1 Å². The Kier molecular flexibility index (Phi) is 6.23. The Morgan fingerprint density at radius 2 is 1.88 bits per heavy atom. The van der Waals surface area contributed by atoms with Gasteiger partial charge in [0, 0.05) is 19.1 Å². The van der Waals surface area contributed by atoms with Gasteiger partial charge in [0.2, 0.25) is 0 Å². The number of benzene rings is 1. The van der Waals surface area contributed by atoms with Crippen LogP contribution in [-0.4, -0.2) is 31.1 Å². The molecular weight excluding hydrogens is 208 g/mol. The second-order valence-electron chi connectivity index (χ2n) is 5.05. The van der Waals surface area contributed by atoms with E-state index in [0.29, 0.717) is 12.0 Å². The van der Waals surface area contributed by atoms with Crippen LogP contribution in [-0.2, 0) is 6.42 Å². The van der Waals surface area contributed by atoms with Gasteiger partial charge in [-0.05, 0) is 24.9 Å². The van der Waals surface area contributed by atoms with Crippen LogP contribution in [0.1, 0.15) is 25.8 Å². The summed E-state index contributed by atoms with van der Waals surface area (Å²) in [6, 6.07) is 10.9.